The molecule has 0 aliphatic rings. The smallest absolute Gasteiger partial charge is 0.328 e. The molecule has 0 atom stereocenters. The first-order valence-electron chi connectivity index (χ1n) is 4.11. The van der Waals surface area contributed by atoms with E-state index >= 15 is 0 Å². The highest BCUT2D eigenvalue weighted by molar-refractivity contribution is 5.89. The Hall–Kier alpha value is -2.18. The number of carbonyl (C=O) groups excluding carboxylic acids is 1. The maximum Gasteiger partial charge on any atom is 0.328 e. The number of aliphatic carboxylic acids is 3. The number of carbonyl (C=O) groups is 4. The molecule has 0 rings (SSSR count). The van der Waals surface area contributed by atoms with Gasteiger partial charge in [0.25, 0.3) is 0 Å². The van der Waals surface area contributed by atoms with Crippen molar-refractivity contribution in [3.05, 3.63) is 12.2 Å². The van der Waals surface area contributed by atoms with Crippen molar-refractivity contribution in [3.8, 4) is 0 Å². The fourth-order valence-electron chi connectivity index (χ4n) is 0.426. The van der Waals surface area contributed by atoms with E-state index in [2.05, 4.69) is 0 Å². The monoisotopic (exact) mass is 232 g/mol. The normalized spacial score (nSPS) is 9.06. The van der Waals surface area contributed by atoms with Gasteiger partial charge in [0.1, 0.15) is 5.78 Å². The minimum atomic E-state index is -1.26. The molecule has 0 saturated heterocycles. The molecule has 0 fully saturated rings. The van der Waals surface area contributed by atoms with Crippen molar-refractivity contribution in [2.75, 3.05) is 0 Å². The summed E-state index contributed by atoms with van der Waals surface area (Å²) in [6.07, 6.45) is 1.22. The molecule has 7 heteroatoms. The summed E-state index contributed by atoms with van der Waals surface area (Å²) < 4.78 is 0. The summed E-state index contributed by atoms with van der Waals surface area (Å²) in [6.45, 7) is 1.38. The Morgan fingerprint density at radius 2 is 1.25 bits per heavy atom. The first-order chi connectivity index (χ1) is 7.25. The number of carboxylic acid groups (broad SMARTS) is 3. The molecule has 0 aromatic carbocycles. The molecule has 3 N–H and O–H groups in total. The molecule has 0 aliphatic heterocycles. The lowest BCUT2D eigenvalue weighted by Gasteiger charge is -1.86. The molecular weight excluding hydrogens is 220 g/mol. The number of hydrogen-bond donors (Lipinski definition) is 3. The van der Waals surface area contributed by atoms with E-state index in [1.54, 1.807) is 0 Å². The zero-order valence-corrected chi connectivity index (χ0v) is 8.54. The van der Waals surface area contributed by atoms with Crippen LogP contribution < -0.4 is 0 Å². The SMILES string of the molecule is CC(=O)CCC(=O)O.O=C(O)/C=C\C(=O)O. The lowest BCUT2D eigenvalue weighted by atomic mass is 10.2. The van der Waals surface area contributed by atoms with Crippen LogP contribution in [0.25, 0.3) is 0 Å². The lowest BCUT2D eigenvalue weighted by molar-refractivity contribution is -0.138. The molecule has 0 aliphatic carbocycles. The van der Waals surface area contributed by atoms with E-state index in [0.717, 1.165) is 0 Å². The number of Topliss-reactive ketones (excluding diaryl/α,β-unsaturated/α-hetero) is 1. The molecule has 0 unspecified atom stereocenters. The molecule has 0 aromatic heterocycles. The van der Waals surface area contributed by atoms with Crippen LogP contribution in [0.4, 0.5) is 0 Å². The Bertz CT molecular complexity index is 273. The highest BCUT2D eigenvalue weighted by atomic mass is 16.4. The molecule has 0 saturated carbocycles. The molecule has 0 heterocycles. The zero-order valence-electron chi connectivity index (χ0n) is 8.54. The molecule has 16 heavy (non-hydrogen) atoms. The van der Waals surface area contributed by atoms with Gasteiger partial charge in [0.05, 0.1) is 6.42 Å². The molecule has 0 radical (unpaired) electrons. The van der Waals surface area contributed by atoms with Crippen molar-refractivity contribution < 1.29 is 34.5 Å². The predicted molar refractivity (Wildman–Crippen MR) is 52.0 cm³/mol. The van der Waals surface area contributed by atoms with Gasteiger partial charge in [0.15, 0.2) is 0 Å². The van der Waals surface area contributed by atoms with Gasteiger partial charge in [-0.25, -0.2) is 9.59 Å². The molecule has 7 nitrogen and oxygen atoms in total. The fourth-order valence-corrected chi connectivity index (χ4v) is 0.426. The first kappa shape index (κ1) is 16.3. The Morgan fingerprint density at radius 1 is 0.875 bits per heavy atom. The lowest BCUT2D eigenvalue weighted by Crippen LogP contribution is -1.98. The summed E-state index contributed by atoms with van der Waals surface area (Å²) in [5.41, 5.74) is 0. The van der Waals surface area contributed by atoms with Crippen molar-refractivity contribution in [1.82, 2.24) is 0 Å². The Balaban J connectivity index is 0. The third kappa shape index (κ3) is 22.6. The van der Waals surface area contributed by atoms with Crippen LogP contribution in [0.1, 0.15) is 19.8 Å². The predicted octanol–water partition coefficient (Wildman–Crippen LogP) is 0.152. The molecule has 90 valence electrons. The number of ketones is 1. The van der Waals surface area contributed by atoms with Gasteiger partial charge >= 0.3 is 17.9 Å². The zero-order chi connectivity index (χ0) is 13.1. The average molecular weight is 232 g/mol. The van der Waals surface area contributed by atoms with Crippen LogP contribution in [0.2, 0.25) is 0 Å². The minimum absolute atomic E-state index is 0.0463. The van der Waals surface area contributed by atoms with Crippen molar-refractivity contribution in [3.63, 3.8) is 0 Å². The van der Waals surface area contributed by atoms with E-state index in [0.29, 0.717) is 12.2 Å². The van der Waals surface area contributed by atoms with Crippen LogP contribution >= 0.6 is 0 Å². The van der Waals surface area contributed by atoms with Crippen LogP contribution in [0.15, 0.2) is 12.2 Å². The number of rotatable bonds is 5. The van der Waals surface area contributed by atoms with Gasteiger partial charge in [0, 0.05) is 18.6 Å². The largest absolute Gasteiger partial charge is 0.481 e. The summed E-state index contributed by atoms with van der Waals surface area (Å²) in [5.74, 6) is -3.51. The van der Waals surface area contributed by atoms with Crippen molar-refractivity contribution in [2.24, 2.45) is 0 Å². The molecule has 0 amide bonds. The van der Waals surface area contributed by atoms with Gasteiger partial charge in [0.2, 0.25) is 0 Å². The minimum Gasteiger partial charge on any atom is -0.481 e. The van der Waals surface area contributed by atoms with Crippen molar-refractivity contribution in [1.29, 1.82) is 0 Å². The van der Waals surface area contributed by atoms with E-state index in [4.69, 9.17) is 15.3 Å². The van der Waals surface area contributed by atoms with Crippen LogP contribution in [-0.2, 0) is 19.2 Å². The van der Waals surface area contributed by atoms with Crippen molar-refractivity contribution >= 4 is 23.7 Å². The number of carboxylic acids is 3. The average Bonchev–Trinajstić information content (AvgIpc) is 2.12. The van der Waals surface area contributed by atoms with Crippen molar-refractivity contribution in [2.45, 2.75) is 19.8 Å². The van der Waals surface area contributed by atoms with Gasteiger partial charge in [-0.1, -0.05) is 0 Å². The van der Waals surface area contributed by atoms with Gasteiger partial charge in [-0.2, -0.15) is 0 Å². The second kappa shape index (κ2) is 9.38. The van der Waals surface area contributed by atoms with Gasteiger partial charge in [-0.05, 0) is 6.92 Å². The van der Waals surface area contributed by atoms with Gasteiger partial charge in [-0.3, -0.25) is 4.79 Å². The molecule has 0 aromatic rings. The molecule has 0 bridgehead atoms. The second-order valence-corrected chi connectivity index (χ2v) is 2.61. The van der Waals surface area contributed by atoms with Crippen LogP contribution in [0.5, 0.6) is 0 Å². The van der Waals surface area contributed by atoms with Gasteiger partial charge < -0.3 is 20.1 Å². The summed E-state index contributed by atoms with van der Waals surface area (Å²) in [4.78, 5) is 38.9. The van der Waals surface area contributed by atoms with E-state index < -0.39 is 17.9 Å². The van der Waals surface area contributed by atoms with Crippen LogP contribution in [-0.4, -0.2) is 39.0 Å². The highest BCUT2D eigenvalue weighted by Gasteiger charge is 1.97. The van der Waals surface area contributed by atoms with E-state index in [1.165, 1.54) is 6.92 Å². The van der Waals surface area contributed by atoms with Crippen LogP contribution in [0.3, 0.4) is 0 Å². The summed E-state index contributed by atoms with van der Waals surface area (Å²) >= 11 is 0. The molecular formula is C9H12O7. The first-order valence-corrected chi connectivity index (χ1v) is 4.11. The highest BCUT2D eigenvalue weighted by Crippen LogP contribution is 1.87. The maximum absolute atomic E-state index is 10.1. The summed E-state index contributed by atoms with van der Waals surface area (Å²) in [5, 5.41) is 23.6. The van der Waals surface area contributed by atoms with Crippen LogP contribution in [0, 0.1) is 0 Å². The summed E-state index contributed by atoms with van der Waals surface area (Å²) in [7, 11) is 0. The second-order valence-electron chi connectivity index (χ2n) is 2.61. The van der Waals surface area contributed by atoms with E-state index in [1.807, 2.05) is 0 Å². The fraction of sp³-hybridized carbons (Fsp3) is 0.333. The standard InChI is InChI=1S/C5H8O3.C4H4O4/c1-4(6)2-3-5(7)8;5-3(6)1-2-4(7)8/h2-3H2,1H3,(H,7,8);1-2H,(H,5,6)(H,7,8)/b;2-1-. The van der Waals surface area contributed by atoms with Gasteiger partial charge in [-0.15, -0.1) is 0 Å². The molecule has 0 spiro atoms. The quantitative estimate of drug-likeness (QED) is 0.575. The van der Waals surface area contributed by atoms with E-state index in [9.17, 15) is 19.2 Å². The third-order valence-corrected chi connectivity index (χ3v) is 1.06. The summed E-state index contributed by atoms with van der Waals surface area (Å²) in [6, 6.07) is 0. The van der Waals surface area contributed by atoms with E-state index in [-0.39, 0.29) is 18.6 Å². The number of hydrogen-bond acceptors (Lipinski definition) is 4. The third-order valence-electron chi connectivity index (χ3n) is 1.06. The topological polar surface area (TPSA) is 129 Å². The maximum atomic E-state index is 10.1. The Kier molecular flexibility index (Phi) is 9.53. The Morgan fingerprint density at radius 3 is 1.38 bits per heavy atom. The Labute approximate surface area is 91.0 Å².